The molecule has 0 saturated heterocycles. The van der Waals surface area contributed by atoms with E-state index < -0.39 is 0 Å². The Kier molecular flexibility index (Phi) is 7.30. The van der Waals surface area contributed by atoms with E-state index in [0.717, 1.165) is 6.29 Å². The van der Waals surface area contributed by atoms with Gasteiger partial charge in [0.25, 0.3) is 0 Å². The van der Waals surface area contributed by atoms with Gasteiger partial charge in [0.15, 0.2) is 0 Å². The molecule has 0 saturated carbocycles. The quantitative estimate of drug-likeness (QED) is 0.447. The molecular formula is C18H25NO5. The maximum Gasteiger partial charge on any atom is 0.306 e. The molecule has 1 aromatic rings. The molecular weight excluding hydrogens is 310 g/mol. The zero-order valence-corrected chi connectivity index (χ0v) is 14.9. The number of phenols is 1. The van der Waals surface area contributed by atoms with E-state index in [-0.39, 0.29) is 24.6 Å². The van der Waals surface area contributed by atoms with E-state index >= 15 is 0 Å². The second-order valence-corrected chi connectivity index (χ2v) is 5.51. The van der Waals surface area contributed by atoms with Gasteiger partial charge in [-0.15, -0.1) is 0 Å². The van der Waals surface area contributed by atoms with Gasteiger partial charge in [-0.3, -0.25) is 9.59 Å². The number of allylic oxidation sites excluding steroid dienone is 2. The molecule has 0 unspecified atom stereocenters. The van der Waals surface area contributed by atoms with Crippen molar-refractivity contribution in [2.45, 2.75) is 26.7 Å². The minimum Gasteiger partial charge on any atom is -0.506 e. The smallest absolute Gasteiger partial charge is 0.306 e. The number of rotatable bonds is 8. The van der Waals surface area contributed by atoms with E-state index in [4.69, 9.17) is 9.47 Å². The van der Waals surface area contributed by atoms with Gasteiger partial charge >= 0.3 is 5.97 Å². The highest BCUT2D eigenvalue weighted by Gasteiger charge is 2.16. The van der Waals surface area contributed by atoms with Crippen LogP contribution in [0.1, 0.15) is 32.3 Å². The molecule has 6 nitrogen and oxygen atoms in total. The van der Waals surface area contributed by atoms with Gasteiger partial charge in [-0.05, 0) is 37.5 Å². The number of nitrogens with zero attached hydrogens (tertiary/aromatic N) is 1. The standard InChI is InChI=1S/C18H25NO5/c1-6-24-18(22)8-7-13(11-20)12(2)14-9-15(19(3)4)16(21)10-17(14)23-5/h9-11,21H,6-8H2,1-5H3/b13-12-. The van der Waals surface area contributed by atoms with Crippen LogP contribution >= 0.6 is 0 Å². The summed E-state index contributed by atoms with van der Waals surface area (Å²) in [5, 5.41) is 10.1. The number of anilines is 1. The highest BCUT2D eigenvalue weighted by atomic mass is 16.5. The maximum atomic E-state index is 11.5. The first-order valence-electron chi connectivity index (χ1n) is 7.74. The number of hydrogen-bond donors (Lipinski definition) is 1. The first kappa shape index (κ1) is 19.5. The average Bonchev–Trinajstić information content (AvgIpc) is 2.54. The van der Waals surface area contributed by atoms with Crippen LogP contribution in [0.2, 0.25) is 0 Å². The summed E-state index contributed by atoms with van der Waals surface area (Å²) in [4.78, 5) is 24.7. The van der Waals surface area contributed by atoms with Crippen LogP contribution < -0.4 is 9.64 Å². The molecule has 0 fully saturated rings. The van der Waals surface area contributed by atoms with Gasteiger partial charge in [0, 0.05) is 32.1 Å². The molecule has 0 aromatic heterocycles. The second-order valence-electron chi connectivity index (χ2n) is 5.51. The Morgan fingerprint density at radius 1 is 1.29 bits per heavy atom. The zero-order chi connectivity index (χ0) is 18.3. The van der Waals surface area contributed by atoms with Crippen LogP contribution in [0.4, 0.5) is 5.69 Å². The Balaban J connectivity index is 3.25. The number of aromatic hydroxyl groups is 1. The predicted molar refractivity (Wildman–Crippen MR) is 93.5 cm³/mol. The molecule has 6 heteroatoms. The van der Waals surface area contributed by atoms with E-state index in [0.29, 0.717) is 34.8 Å². The Labute approximate surface area is 142 Å². The molecule has 0 atom stereocenters. The first-order valence-corrected chi connectivity index (χ1v) is 7.74. The molecule has 0 aliphatic carbocycles. The summed E-state index contributed by atoms with van der Waals surface area (Å²) in [7, 11) is 5.12. The Morgan fingerprint density at radius 3 is 2.46 bits per heavy atom. The third-order valence-corrected chi connectivity index (χ3v) is 3.71. The average molecular weight is 335 g/mol. The Hall–Kier alpha value is -2.50. The SMILES string of the molecule is CCOC(=O)CC/C(C=O)=C(\C)c1cc(N(C)C)c(O)cc1OC. The van der Waals surface area contributed by atoms with Crippen molar-refractivity contribution in [3.8, 4) is 11.5 Å². The van der Waals surface area contributed by atoms with Gasteiger partial charge in [0.05, 0.1) is 19.4 Å². The van der Waals surface area contributed by atoms with Crippen molar-refractivity contribution in [1.29, 1.82) is 0 Å². The van der Waals surface area contributed by atoms with E-state index in [2.05, 4.69) is 0 Å². The van der Waals surface area contributed by atoms with Crippen molar-refractivity contribution in [2.24, 2.45) is 0 Å². The lowest BCUT2D eigenvalue weighted by molar-refractivity contribution is -0.143. The van der Waals surface area contributed by atoms with Crippen LogP contribution in [0, 0.1) is 0 Å². The fraction of sp³-hybridized carbons (Fsp3) is 0.444. The van der Waals surface area contributed by atoms with Crippen molar-refractivity contribution in [3.05, 3.63) is 23.3 Å². The normalized spacial score (nSPS) is 11.5. The van der Waals surface area contributed by atoms with Gasteiger partial charge in [-0.1, -0.05) is 0 Å². The largest absolute Gasteiger partial charge is 0.506 e. The Bertz CT molecular complexity index is 635. The molecule has 0 aliphatic rings. The third-order valence-electron chi connectivity index (χ3n) is 3.71. The molecule has 0 heterocycles. The number of benzene rings is 1. The highest BCUT2D eigenvalue weighted by molar-refractivity contribution is 5.90. The lowest BCUT2D eigenvalue weighted by atomic mass is 9.97. The van der Waals surface area contributed by atoms with Gasteiger partial charge < -0.3 is 19.5 Å². The maximum absolute atomic E-state index is 11.5. The summed E-state index contributed by atoms with van der Waals surface area (Å²) in [6.45, 7) is 3.85. The molecule has 0 spiro atoms. The highest BCUT2D eigenvalue weighted by Crippen LogP contribution is 2.38. The lowest BCUT2D eigenvalue weighted by Crippen LogP contribution is -2.10. The number of aldehydes is 1. The number of methoxy groups -OCH3 is 1. The van der Waals surface area contributed by atoms with Crippen molar-refractivity contribution in [3.63, 3.8) is 0 Å². The number of hydrogen-bond acceptors (Lipinski definition) is 6. The van der Waals surface area contributed by atoms with Crippen LogP contribution in [0.5, 0.6) is 11.5 Å². The van der Waals surface area contributed by atoms with Crippen LogP contribution in [0.15, 0.2) is 17.7 Å². The topological polar surface area (TPSA) is 76.1 Å². The summed E-state index contributed by atoms with van der Waals surface area (Å²) < 4.78 is 10.2. The third kappa shape index (κ3) is 4.75. The number of ether oxygens (including phenoxy) is 2. The molecule has 1 aromatic carbocycles. The van der Waals surface area contributed by atoms with Crippen molar-refractivity contribution in [1.82, 2.24) is 0 Å². The minimum absolute atomic E-state index is 0.0903. The summed E-state index contributed by atoms with van der Waals surface area (Å²) in [5.41, 5.74) is 2.51. The lowest BCUT2D eigenvalue weighted by Gasteiger charge is -2.19. The fourth-order valence-corrected chi connectivity index (χ4v) is 2.36. The van der Waals surface area contributed by atoms with Gasteiger partial charge in [0.2, 0.25) is 0 Å². The Morgan fingerprint density at radius 2 is 1.96 bits per heavy atom. The van der Waals surface area contributed by atoms with Crippen molar-refractivity contribution in [2.75, 3.05) is 32.7 Å². The molecule has 0 aliphatic heterocycles. The van der Waals surface area contributed by atoms with Crippen LogP contribution in [-0.4, -0.2) is 45.2 Å². The number of phenolic OH excluding ortho intramolecular Hbond substituents is 1. The van der Waals surface area contributed by atoms with Gasteiger partial charge in [0.1, 0.15) is 17.8 Å². The monoisotopic (exact) mass is 335 g/mol. The molecule has 24 heavy (non-hydrogen) atoms. The fourth-order valence-electron chi connectivity index (χ4n) is 2.36. The number of carbonyl (C=O) groups excluding carboxylic acids is 2. The summed E-state index contributed by atoms with van der Waals surface area (Å²) in [5.74, 6) is 0.218. The predicted octanol–water partition coefficient (Wildman–Crippen LogP) is 2.78. The minimum atomic E-state index is -0.337. The summed E-state index contributed by atoms with van der Waals surface area (Å²) in [6.07, 6.45) is 1.17. The van der Waals surface area contributed by atoms with E-state index in [1.165, 1.54) is 13.2 Å². The van der Waals surface area contributed by atoms with Crippen LogP contribution in [-0.2, 0) is 14.3 Å². The molecule has 1 rings (SSSR count). The summed E-state index contributed by atoms with van der Waals surface area (Å²) >= 11 is 0. The molecule has 0 radical (unpaired) electrons. The van der Waals surface area contributed by atoms with Gasteiger partial charge in [-0.2, -0.15) is 0 Å². The molecule has 0 amide bonds. The van der Waals surface area contributed by atoms with E-state index in [1.54, 1.807) is 24.8 Å². The number of esters is 1. The number of carbonyl (C=O) groups is 2. The van der Waals surface area contributed by atoms with E-state index in [1.807, 2.05) is 14.1 Å². The van der Waals surface area contributed by atoms with E-state index in [9.17, 15) is 14.7 Å². The van der Waals surface area contributed by atoms with Crippen molar-refractivity contribution < 1.29 is 24.2 Å². The molecule has 0 bridgehead atoms. The first-order chi connectivity index (χ1) is 11.3. The van der Waals surface area contributed by atoms with Crippen LogP contribution in [0.3, 0.4) is 0 Å². The summed E-state index contributed by atoms with van der Waals surface area (Å²) in [6, 6.07) is 3.28. The zero-order valence-electron chi connectivity index (χ0n) is 14.9. The molecule has 132 valence electrons. The van der Waals surface area contributed by atoms with Gasteiger partial charge in [-0.25, -0.2) is 0 Å². The second kappa shape index (κ2) is 8.96. The van der Waals surface area contributed by atoms with Crippen molar-refractivity contribution >= 4 is 23.5 Å². The van der Waals surface area contributed by atoms with Crippen LogP contribution in [0.25, 0.3) is 5.57 Å². The molecule has 1 N–H and O–H groups in total.